The summed E-state index contributed by atoms with van der Waals surface area (Å²) in [6.45, 7) is 1.58. The van der Waals surface area contributed by atoms with Crippen LogP contribution in [0.5, 0.6) is 5.75 Å². The number of nitrogens with zero attached hydrogens (tertiary/aromatic N) is 2. The summed E-state index contributed by atoms with van der Waals surface area (Å²) >= 11 is 0. The predicted molar refractivity (Wildman–Crippen MR) is 109 cm³/mol. The monoisotopic (exact) mass is 398 g/mol. The molecule has 0 aliphatic carbocycles. The second-order valence-corrected chi connectivity index (χ2v) is 6.23. The molecular formula is C20H22N4O5. The Bertz CT molecular complexity index is 912. The van der Waals surface area contributed by atoms with Crippen LogP contribution in [-0.2, 0) is 16.0 Å². The molecule has 2 aromatic rings. The lowest BCUT2D eigenvalue weighted by molar-refractivity contribution is -0.384. The summed E-state index contributed by atoms with van der Waals surface area (Å²) in [6, 6.07) is 13.7. The molecule has 2 N–H and O–H groups in total. The third-order valence-electron chi connectivity index (χ3n) is 3.95. The van der Waals surface area contributed by atoms with Crippen molar-refractivity contribution >= 4 is 28.9 Å². The van der Waals surface area contributed by atoms with E-state index >= 15 is 0 Å². The highest BCUT2D eigenvalue weighted by Gasteiger charge is 2.17. The van der Waals surface area contributed by atoms with Gasteiger partial charge in [-0.05, 0) is 31.0 Å². The minimum atomic E-state index is -0.605. The van der Waals surface area contributed by atoms with Gasteiger partial charge in [0.25, 0.3) is 5.69 Å². The summed E-state index contributed by atoms with van der Waals surface area (Å²) in [5.41, 5.74) is 3.60. The normalized spacial score (nSPS) is 10.9. The zero-order chi connectivity index (χ0) is 21.2. The molecule has 0 spiro atoms. The van der Waals surface area contributed by atoms with Gasteiger partial charge in [0.1, 0.15) is 11.4 Å². The standard InChI is InChI=1S/C20H22N4O5/c1-14(22-23-19(25)11-8-15-6-4-3-5-7-15)12-20(26)21-17-10-9-16(29-2)13-18(17)24(27)28/h3-7,9-10,13H,8,11-12H2,1-2H3,(H,21,26)(H,23,25). The van der Waals surface area contributed by atoms with Crippen LogP contribution < -0.4 is 15.5 Å². The Kier molecular flexibility index (Phi) is 7.84. The molecule has 0 aliphatic rings. The van der Waals surface area contributed by atoms with Gasteiger partial charge >= 0.3 is 0 Å². The molecule has 29 heavy (non-hydrogen) atoms. The molecule has 152 valence electrons. The Morgan fingerprint density at radius 2 is 1.86 bits per heavy atom. The minimum absolute atomic E-state index is 0.0560. The molecule has 0 atom stereocenters. The molecule has 0 aromatic heterocycles. The van der Waals surface area contributed by atoms with E-state index in [2.05, 4.69) is 15.8 Å². The van der Waals surface area contributed by atoms with Crippen molar-refractivity contribution in [1.29, 1.82) is 0 Å². The first-order valence-corrected chi connectivity index (χ1v) is 8.87. The van der Waals surface area contributed by atoms with Crippen molar-refractivity contribution in [1.82, 2.24) is 5.43 Å². The number of anilines is 1. The number of nitro groups is 1. The van der Waals surface area contributed by atoms with E-state index in [1.54, 1.807) is 6.92 Å². The number of hydrazone groups is 1. The first-order chi connectivity index (χ1) is 13.9. The van der Waals surface area contributed by atoms with Gasteiger partial charge in [0.2, 0.25) is 11.8 Å². The van der Waals surface area contributed by atoms with Crippen LogP contribution in [0.1, 0.15) is 25.3 Å². The maximum atomic E-state index is 12.1. The van der Waals surface area contributed by atoms with E-state index in [-0.39, 0.29) is 30.1 Å². The number of ether oxygens (including phenoxy) is 1. The number of carbonyl (C=O) groups excluding carboxylic acids is 2. The van der Waals surface area contributed by atoms with E-state index in [0.29, 0.717) is 17.9 Å². The molecule has 0 heterocycles. The highest BCUT2D eigenvalue weighted by molar-refractivity contribution is 6.06. The van der Waals surface area contributed by atoms with Crippen molar-refractivity contribution in [2.75, 3.05) is 12.4 Å². The number of hydrogen-bond donors (Lipinski definition) is 2. The van der Waals surface area contributed by atoms with Crippen LogP contribution in [0.3, 0.4) is 0 Å². The number of aryl methyl sites for hydroxylation is 1. The zero-order valence-electron chi connectivity index (χ0n) is 16.2. The van der Waals surface area contributed by atoms with E-state index in [0.717, 1.165) is 5.56 Å². The second-order valence-electron chi connectivity index (χ2n) is 6.23. The fourth-order valence-corrected chi connectivity index (χ4v) is 2.48. The first kappa shape index (κ1) is 21.5. The average molecular weight is 398 g/mol. The van der Waals surface area contributed by atoms with Gasteiger partial charge in [0, 0.05) is 12.1 Å². The Labute approximate surface area is 167 Å². The quantitative estimate of drug-likeness (QED) is 0.382. The smallest absolute Gasteiger partial charge is 0.296 e. The van der Waals surface area contributed by atoms with Gasteiger partial charge in [0.05, 0.1) is 24.5 Å². The fraction of sp³-hybridized carbons (Fsp3) is 0.250. The number of amides is 2. The van der Waals surface area contributed by atoms with Gasteiger partial charge in [-0.15, -0.1) is 0 Å². The number of carbonyl (C=O) groups is 2. The largest absolute Gasteiger partial charge is 0.496 e. The molecule has 2 amide bonds. The van der Waals surface area contributed by atoms with Crippen molar-refractivity contribution < 1.29 is 19.2 Å². The molecular weight excluding hydrogens is 376 g/mol. The molecule has 0 unspecified atom stereocenters. The van der Waals surface area contributed by atoms with Crippen molar-refractivity contribution in [3.63, 3.8) is 0 Å². The first-order valence-electron chi connectivity index (χ1n) is 8.87. The summed E-state index contributed by atoms with van der Waals surface area (Å²) < 4.78 is 4.96. The minimum Gasteiger partial charge on any atom is -0.496 e. The fourth-order valence-electron chi connectivity index (χ4n) is 2.48. The molecule has 0 saturated heterocycles. The van der Waals surface area contributed by atoms with E-state index in [4.69, 9.17) is 4.74 Å². The molecule has 0 saturated carbocycles. The molecule has 9 nitrogen and oxygen atoms in total. The maximum absolute atomic E-state index is 12.1. The van der Waals surface area contributed by atoms with E-state index in [1.165, 1.54) is 25.3 Å². The summed E-state index contributed by atoms with van der Waals surface area (Å²) in [6.07, 6.45) is 0.732. The number of benzene rings is 2. The van der Waals surface area contributed by atoms with Crippen LogP contribution in [-0.4, -0.2) is 29.6 Å². The van der Waals surface area contributed by atoms with Crippen LogP contribution in [0, 0.1) is 10.1 Å². The Hall–Kier alpha value is -3.75. The highest BCUT2D eigenvalue weighted by atomic mass is 16.6. The SMILES string of the molecule is COc1ccc(NC(=O)CC(C)=NNC(=O)CCc2ccccc2)c([N+](=O)[O-])c1. The van der Waals surface area contributed by atoms with Crippen LogP contribution in [0.4, 0.5) is 11.4 Å². The van der Waals surface area contributed by atoms with E-state index < -0.39 is 10.8 Å². The molecule has 0 aliphatic heterocycles. The lowest BCUT2D eigenvalue weighted by Crippen LogP contribution is -2.21. The van der Waals surface area contributed by atoms with Gasteiger partial charge in [-0.2, -0.15) is 5.10 Å². The van der Waals surface area contributed by atoms with Crippen LogP contribution in [0.15, 0.2) is 53.6 Å². The highest BCUT2D eigenvalue weighted by Crippen LogP contribution is 2.29. The lowest BCUT2D eigenvalue weighted by atomic mass is 10.1. The number of nitrogens with one attached hydrogen (secondary N) is 2. The molecule has 2 aromatic carbocycles. The topological polar surface area (TPSA) is 123 Å². The molecule has 9 heteroatoms. The van der Waals surface area contributed by atoms with Gasteiger partial charge in [-0.1, -0.05) is 30.3 Å². The molecule has 2 rings (SSSR count). The van der Waals surface area contributed by atoms with E-state index in [1.807, 2.05) is 30.3 Å². The van der Waals surface area contributed by atoms with Gasteiger partial charge < -0.3 is 10.1 Å². The number of rotatable bonds is 9. The van der Waals surface area contributed by atoms with Gasteiger partial charge in [-0.25, -0.2) is 5.43 Å². The lowest BCUT2D eigenvalue weighted by Gasteiger charge is -2.08. The zero-order valence-corrected chi connectivity index (χ0v) is 16.2. The van der Waals surface area contributed by atoms with Crippen molar-refractivity contribution in [3.8, 4) is 5.75 Å². The Balaban J connectivity index is 1.86. The molecule has 0 bridgehead atoms. The number of nitro benzene ring substituents is 1. The third kappa shape index (κ3) is 7.06. The molecule has 0 fully saturated rings. The van der Waals surface area contributed by atoms with Crippen molar-refractivity contribution in [3.05, 3.63) is 64.2 Å². The summed E-state index contributed by atoms with van der Waals surface area (Å²) in [4.78, 5) is 34.6. The van der Waals surface area contributed by atoms with Crippen LogP contribution in [0.2, 0.25) is 0 Å². The van der Waals surface area contributed by atoms with Crippen molar-refractivity contribution in [2.45, 2.75) is 26.2 Å². The van der Waals surface area contributed by atoms with Gasteiger partial charge in [0.15, 0.2) is 0 Å². The maximum Gasteiger partial charge on any atom is 0.296 e. The average Bonchev–Trinajstić information content (AvgIpc) is 2.71. The van der Waals surface area contributed by atoms with Crippen LogP contribution >= 0.6 is 0 Å². The second kappa shape index (κ2) is 10.5. The van der Waals surface area contributed by atoms with E-state index in [9.17, 15) is 19.7 Å². The molecule has 0 radical (unpaired) electrons. The Morgan fingerprint density at radius 1 is 1.14 bits per heavy atom. The summed E-state index contributed by atoms with van der Waals surface area (Å²) in [5.74, 6) is -0.442. The van der Waals surface area contributed by atoms with Crippen molar-refractivity contribution in [2.24, 2.45) is 5.10 Å². The third-order valence-corrected chi connectivity index (χ3v) is 3.95. The van der Waals surface area contributed by atoms with Gasteiger partial charge in [-0.3, -0.25) is 19.7 Å². The number of hydrogen-bond acceptors (Lipinski definition) is 6. The predicted octanol–water partition coefficient (Wildman–Crippen LogP) is 3.06. The number of methoxy groups -OCH3 is 1. The summed E-state index contributed by atoms with van der Waals surface area (Å²) in [7, 11) is 1.39. The van der Waals surface area contributed by atoms with Crippen LogP contribution in [0.25, 0.3) is 0 Å². The summed E-state index contributed by atoms with van der Waals surface area (Å²) in [5, 5.41) is 17.5. The Morgan fingerprint density at radius 3 is 2.52 bits per heavy atom.